The Balaban J connectivity index is 0.00000225. The van der Waals surface area contributed by atoms with E-state index in [0.717, 1.165) is 45.4 Å². The summed E-state index contributed by atoms with van der Waals surface area (Å²) in [6.07, 6.45) is -5.18. The molecule has 1 atom stereocenters. The summed E-state index contributed by atoms with van der Waals surface area (Å²) in [6.45, 7) is 3.28. The molecular formula is C17H23ClF4N2O. The van der Waals surface area contributed by atoms with Crippen molar-refractivity contribution in [3.63, 3.8) is 0 Å². The van der Waals surface area contributed by atoms with Gasteiger partial charge in [-0.05, 0) is 24.8 Å². The fourth-order valence-corrected chi connectivity index (χ4v) is 3.47. The first-order valence-corrected chi connectivity index (χ1v) is 8.37. The highest BCUT2D eigenvalue weighted by molar-refractivity contribution is 5.85. The number of nitrogens with one attached hydrogen (secondary N) is 1. The van der Waals surface area contributed by atoms with Crippen LogP contribution in [0, 0.1) is 5.92 Å². The molecule has 25 heavy (non-hydrogen) atoms. The SMILES string of the molecule is Cl.FC(F)C(F)(F)Oc1ccccc1[C@@H](C1CCC1)N1CCNCC1. The molecule has 1 saturated carbocycles. The van der Waals surface area contributed by atoms with Crippen LogP contribution >= 0.6 is 12.4 Å². The van der Waals surface area contributed by atoms with Crippen molar-refractivity contribution in [1.29, 1.82) is 0 Å². The summed E-state index contributed by atoms with van der Waals surface area (Å²) in [4.78, 5) is 2.25. The average Bonchev–Trinajstić information content (AvgIpc) is 2.52. The van der Waals surface area contributed by atoms with Crippen molar-refractivity contribution < 1.29 is 22.3 Å². The Morgan fingerprint density at radius 3 is 2.32 bits per heavy atom. The highest BCUT2D eigenvalue weighted by Gasteiger charge is 2.45. The van der Waals surface area contributed by atoms with Crippen LogP contribution in [0.1, 0.15) is 30.9 Å². The maximum absolute atomic E-state index is 13.4. The molecule has 1 aliphatic heterocycles. The van der Waals surface area contributed by atoms with Crippen LogP contribution in [0.25, 0.3) is 0 Å². The lowest BCUT2D eigenvalue weighted by molar-refractivity contribution is -0.253. The van der Waals surface area contributed by atoms with E-state index in [1.165, 1.54) is 12.1 Å². The topological polar surface area (TPSA) is 24.5 Å². The quantitative estimate of drug-likeness (QED) is 0.750. The highest BCUT2D eigenvalue weighted by atomic mass is 35.5. The minimum Gasteiger partial charge on any atom is -0.428 e. The maximum Gasteiger partial charge on any atom is 0.461 e. The van der Waals surface area contributed by atoms with Crippen molar-refractivity contribution in [2.24, 2.45) is 5.92 Å². The molecule has 0 radical (unpaired) electrons. The Morgan fingerprint density at radius 1 is 1.12 bits per heavy atom. The van der Waals surface area contributed by atoms with E-state index in [0.29, 0.717) is 11.5 Å². The van der Waals surface area contributed by atoms with Crippen molar-refractivity contribution in [2.75, 3.05) is 26.2 Å². The molecule has 0 spiro atoms. The summed E-state index contributed by atoms with van der Waals surface area (Å²) in [5, 5.41) is 3.27. The predicted molar refractivity (Wildman–Crippen MR) is 89.8 cm³/mol. The minimum atomic E-state index is -4.48. The monoisotopic (exact) mass is 382 g/mol. The van der Waals surface area contributed by atoms with Crippen LogP contribution in [-0.4, -0.2) is 43.6 Å². The van der Waals surface area contributed by atoms with Crippen LogP contribution in [0.4, 0.5) is 17.6 Å². The van der Waals surface area contributed by atoms with Gasteiger partial charge in [-0.2, -0.15) is 17.6 Å². The molecule has 1 saturated heterocycles. The van der Waals surface area contributed by atoms with Gasteiger partial charge in [0.25, 0.3) is 0 Å². The Kier molecular flexibility index (Phi) is 6.93. The highest BCUT2D eigenvalue weighted by Crippen LogP contribution is 2.45. The smallest absolute Gasteiger partial charge is 0.428 e. The lowest BCUT2D eigenvalue weighted by atomic mass is 9.76. The number of rotatable bonds is 6. The fraction of sp³-hybridized carbons (Fsp3) is 0.647. The molecule has 1 heterocycles. The number of nitrogens with zero attached hydrogens (tertiary/aromatic N) is 1. The number of hydrogen-bond acceptors (Lipinski definition) is 3. The van der Waals surface area contributed by atoms with Gasteiger partial charge in [-0.15, -0.1) is 12.4 Å². The van der Waals surface area contributed by atoms with Gasteiger partial charge in [-0.25, -0.2) is 0 Å². The number of hydrogen-bond donors (Lipinski definition) is 1. The van der Waals surface area contributed by atoms with E-state index in [-0.39, 0.29) is 24.2 Å². The molecule has 3 rings (SSSR count). The number of halogens is 5. The Hall–Kier alpha value is -1.05. The molecule has 0 amide bonds. The molecule has 3 nitrogen and oxygen atoms in total. The third kappa shape index (κ3) is 4.57. The van der Waals surface area contributed by atoms with Crippen LogP contribution in [-0.2, 0) is 0 Å². The number of alkyl halides is 4. The van der Waals surface area contributed by atoms with Crippen LogP contribution in [0.2, 0.25) is 0 Å². The largest absolute Gasteiger partial charge is 0.461 e. The third-order valence-electron chi connectivity index (χ3n) is 4.88. The lowest BCUT2D eigenvalue weighted by Gasteiger charge is -2.43. The van der Waals surface area contributed by atoms with Crippen LogP contribution in [0.3, 0.4) is 0 Å². The number of piperazine rings is 1. The van der Waals surface area contributed by atoms with E-state index in [4.69, 9.17) is 0 Å². The van der Waals surface area contributed by atoms with E-state index in [9.17, 15) is 17.6 Å². The van der Waals surface area contributed by atoms with Gasteiger partial charge in [0.05, 0.1) is 0 Å². The van der Waals surface area contributed by atoms with Crippen LogP contribution in [0.15, 0.2) is 24.3 Å². The second-order valence-electron chi connectivity index (χ2n) is 6.42. The molecule has 0 unspecified atom stereocenters. The Bertz CT molecular complexity index is 551. The molecule has 8 heteroatoms. The molecule has 0 aromatic heterocycles. The van der Waals surface area contributed by atoms with Gasteiger partial charge >= 0.3 is 12.5 Å². The first kappa shape index (κ1) is 20.3. The van der Waals surface area contributed by atoms with Crippen molar-refractivity contribution >= 4 is 12.4 Å². The van der Waals surface area contributed by atoms with Crippen molar-refractivity contribution in [3.8, 4) is 5.75 Å². The van der Waals surface area contributed by atoms with Crippen molar-refractivity contribution in [1.82, 2.24) is 10.2 Å². The number of para-hydroxylation sites is 1. The Labute approximate surface area is 151 Å². The van der Waals surface area contributed by atoms with E-state index in [2.05, 4.69) is 15.0 Å². The normalized spacial score (nSPS) is 20.7. The molecule has 0 bridgehead atoms. The van der Waals surface area contributed by atoms with E-state index in [1.54, 1.807) is 12.1 Å². The molecule has 1 aliphatic carbocycles. The molecule has 142 valence electrons. The summed E-state index contributed by atoms with van der Waals surface area (Å²) in [6, 6.07) is 6.30. The summed E-state index contributed by atoms with van der Waals surface area (Å²) in [5.41, 5.74) is 0.587. The summed E-state index contributed by atoms with van der Waals surface area (Å²) in [7, 11) is 0. The van der Waals surface area contributed by atoms with E-state index >= 15 is 0 Å². The van der Waals surface area contributed by atoms with Crippen molar-refractivity contribution in [3.05, 3.63) is 29.8 Å². The van der Waals surface area contributed by atoms with E-state index in [1.807, 2.05) is 0 Å². The first-order chi connectivity index (χ1) is 11.5. The fourth-order valence-electron chi connectivity index (χ4n) is 3.47. The van der Waals surface area contributed by atoms with E-state index < -0.39 is 12.5 Å². The Morgan fingerprint density at radius 2 is 1.76 bits per heavy atom. The summed E-state index contributed by atoms with van der Waals surface area (Å²) < 4.78 is 56.4. The molecule has 1 aromatic rings. The van der Waals surface area contributed by atoms with Gasteiger partial charge in [0.1, 0.15) is 5.75 Å². The van der Waals surface area contributed by atoms with Gasteiger partial charge in [-0.1, -0.05) is 24.6 Å². The molecule has 2 fully saturated rings. The molecule has 1 N–H and O–H groups in total. The van der Waals surface area contributed by atoms with Gasteiger partial charge in [-0.3, -0.25) is 4.90 Å². The zero-order chi connectivity index (χ0) is 17.2. The van der Waals surface area contributed by atoms with Gasteiger partial charge in [0.2, 0.25) is 0 Å². The van der Waals surface area contributed by atoms with Crippen LogP contribution in [0.5, 0.6) is 5.75 Å². The summed E-state index contributed by atoms with van der Waals surface area (Å²) >= 11 is 0. The van der Waals surface area contributed by atoms with Gasteiger partial charge in [0, 0.05) is 37.8 Å². The standard InChI is InChI=1S/C17H22F4N2O.ClH/c18-16(19)17(20,21)24-14-7-2-1-6-13(14)15(12-4-3-5-12)23-10-8-22-9-11-23;/h1-2,6-7,12,15-16,22H,3-5,8-11H2;1H/t15-;/m1./s1. The second-order valence-corrected chi connectivity index (χ2v) is 6.42. The zero-order valence-corrected chi connectivity index (χ0v) is 14.6. The van der Waals surface area contributed by atoms with Gasteiger partial charge in [0.15, 0.2) is 0 Å². The third-order valence-corrected chi connectivity index (χ3v) is 4.88. The average molecular weight is 383 g/mol. The zero-order valence-electron chi connectivity index (χ0n) is 13.8. The maximum atomic E-state index is 13.4. The molecule has 1 aromatic carbocycles. The second kappa shape index (κ2) is 8.56. The number of benzene rings is 1. The van der Waals surface area contributed by atoms with Gasteiger partial charge < -0.3 is 10.1 Å². The van der Waals surface area contributed by atoms with Crippen molar-refractivity contribution in [2.45, 2.75) is 37.8 Å². The number of ether oxygens (including phenoxy) is 1. The lowest BCUT2D eigenvalue weighted by Crippen LogP contribution is -2.48. The first-order valence-electron chi connectivity index (χ1n) is 8.37. The molecule has 2 aliphatic rings. The molecular weight excluding hydrogens is 360 g/mol. The predicted octanol–water partition coefficient (Wildman–Crippen LogP) is 4.09. The summed E-state index contributed by atoms with van der Waals surface area (Å²) in [5.74, 6) is 0.214. The van der Waals surface area contributed by atoms with Crippen LogP contribution < -0.4 is 10.1 Å². The minimum absolute atomic E-state index is 0.